The summed E-state index contributed by atoms with van der Waals surface area (Å²) in [6.07, 6.45) is 0. The molecule has 7 aromatic carbocycles. The molecule has 43 heavy (non-hydrogen) atoms. The van der Waals surface area contributed by atoms with Crippen LogP contribution < -0.4 is 0 Å². The fraction of sp³-hybridized carbons (Fsp3) is 0. The number of nitrogens with zero attached hydrogens (tertiary/aromatic N) is 2. The van der Waals surface area contributed by atoms with E-state index in [0.29, 0.717) is 0 Å². The highest BCUT2D eigenvalue weighted by atomic mass is 16.3. The van der Waals surface area contributed by atoms with Crippen LogP contribution in [0.4, 0.5) is 0 Å². The van der Waals surface area contributed by atoms with Crippen LogP contribution in [0.25, 0.3) is 88.2 Å². The summed E-state index contributed by atoms with van der Waals surface area (Å²) in [5.74, 6) is 0.721. The maximum Gasteiger partial charge on any atom is 0.161 e. The van der Waals surface area contributed by atoms with E-state index in [9.17, 15) is 0 Å². The standard InChI is InChI=1S/C40H24N2O/c1-2-11-25(12-3-1)39-32-17-6-8-19-36(32)41-40(42-39)35-22-28(21-26-13-4-5-15-29(26)35)30-18-10-14-27-23-38-34(24-33(27)30)31-16-7-9-20-37(31)43-38/h1-24H. The molecular weight excluding hydrogens is 524 g/mol. The summed E-state index contributed by atoms with van der Waals surface area (Å²) < 4.78 is 6.21. The van der Waals surface area contributed by atoms with Crippen molar-refractivity contribution in [2.24, 2.45) is 0 Å². The molecule has 3 nitrogen and oxygen atoms in total. The zero-order valence-electron chi connectivity index (χ0n) is 23.2. The van der Waals surface area contributed by atoms with E-state index >= 15 is 0 Å². The summed E-state index contributed by atoms with van der Waals surface area (Å²) in [6, 6.07) is 50.9. The summed E-state index contributed by atoms with van der Waals surface area (Å²) in [5.41, 5.74) is 8.07. The van der Waals surface area contributed by atoms with Crippen LogP contribution >= 0.6 is 0 Å². The molecule has 0 aliphatic carbocycles. The lowest BCUT2D eigenvalue weighted by Crippen LogP contribution is -1.96. The van der Waals surface area contributed by atoms with Gasteiger partial charge in [0.1, 0.15) is 11.2 Å². The van der Waals surface area contributed by atoms with Crippen LogP contribution in [0.2, 0.25) is 0 Å². The summed E-state index contributed by atoms with van der Waals surface area (Å²) in [7, 11) is 0. The lowest BCUT2D eigenvalue weighted by atomic mass is 9.92. The average Bonchev–Trinajstić information content (AvgIpc) is 3.43. The maximum absolute atomic E-state index is 6.21. The summed E-state index contributed by atoms with van der Waals surface area (Å²) in [5, 5.41) is 7.92. The Hall–Kier alpha value is -5.80. The number of para-hydroxylation sites is 2. The Bertz CT molecular complexity index is 2510. The highest BCUT2D eigenvalue weighted by Crippen LogP contribution is 2.40. The first-order valence-electron chi connectivity index (χ1n) is 14.5. The quantitative estimate of drug-likeness (QED) is 0.220. The van der Waals surface area contributed by atoms with Gasteiger partial charge < -0.3 is 4.42 Å². The van der Waals surface area contributed by atoms with Gasteiger partial charge in [-0.3, -0.25) is 0 Å². The SMILES string of the molecule is c1ccc(-c2nc(-c3cc(-c4cccc5cc6oc7ccccc7c6cc45)cc4ccccc34)nc3ccccc23)cc1. The van der Waals surface area contributed by atoms with Crippen LogP contribution in [0.15, 0.2) is 150 Å². The number of fused-ring (bicyclic) bond motifs is 6. The second-order valence-electron chi connectivity index (χ2n) is 11.0. The predicted molar refractivity (Wildman–Crippen MR) is 178 cm³/mol. The molecule has 200 valence electrons. The third-order valence-electron chi connectivity index (χ3n) is 8.44. The second kappa shape index (κ2) is 9.37. The predicted octanol–water partition coefficient (Wildman–Crippen LogP) is 10.8. The van der Waals surface area contributed by atoms with Crippen molar-refractivity contribution >= 4 is 54.4 Å². The van der Waals surface area contributed by atoms with E-state index in [-0.39, 0.29) is 0 Å². The molecule has 0 saturated carbocycles. The molecule has 0 unspecified atom stereocenters. The van der Waals surface area contributed by atoms with Crippen molar-refractivity contribution in [1.29, 1.82) is 0 Å². The van der Waals surface area contributed by atoms with Crippen molar-refractivity contribution in [3.8, 4) is 33.8 Å². The van der Waals surface area contributed by atoms with E-state index in [1.807, 2.05) is 24.3 Å². The molecule has 9 aromatic rings. The fourth-order valence-corrected chi connectivity index (χ4v) is 6.41. The van der Waals surface area contributed by atoms with Gasteiger partial charge in [-0.2, -0.15) is 0 Å². The molecule has 0 atom stereocenters. The van der Waals surface area contributed by atoms with E-state index in [1.54, 1.807) is 0 Å². The lowest BCUT2D eigenvalue weighted by molar-refractivity contribution is 0.669. The van der Waals surface area contributed by atoms with Crippen molar-refractivity contribution in [2.45, 2.75) is 0 Å². The van der Waals surface area contributed by atoms with E-state index < -0.39 is 0 Å². The van der Waals surface area contributed by atoms with Crippen LogP contribution in [0.5, 0.6) is 0 Å². The van der Waals surface area contributed by atoms with Gasteiger partial charge in [0.05, 0.1) is 11.2 Å². The normalized spacial score (nSPS) is 11.7. The fourth-order valence-electron chi connectivity index (χ4n) is 6.41. The topological polar surface area (TPSA) is 38.9 Å². The summed E-state index contributed by atoms with van der Waals surface area (Å²) in [6.45, 7) is 0. The van der Waals surface area contributed by atoms with Crippen LogP contribution in [-0.2, 0) is 0 Å². The zero-order chi connectivity index (χ0) is 28.3. The highest BCUT2D eigenvalue weighted by Gasteiger charge is 2.17. The molecule has 3 heteroatoms. The van der Waals surface area contributed by atoms with Gasteiger partial charge in [-0.15, -0.1) is 0 Å². The first-order chi connectivity index (χ1) is 21.3. The minimum absolute atomic E-state index is 0.721. The molecule has 0 N–H and O–H groups in total. The third kappa shape index (κ3) is 3.83. The van der Waals surface area contributed by atoms with Crippen LogP contribution in [0.1, 0.15) is 0 Å². The van der Waals surface area contributed by atoms with E-state index in [0.717, 1.165) is 77.2 Å². The van der Waals surface area contributed by atoms with Gasteiger partial charge in [0.15, 0.2) is 5.82 Å². The van der Waals surface area contributed by atoms with Gasteiger partial charge in [0.25, 0.3) is 0 Å². The minimum Gasteiger partial charge on any atom is -0.456 e. The van der Waals surface area contributed by atoms with Gasteiger partial charge in [-0.25, -0.2) is 9.97 Å². The average molecular weight is 549 g/mol. The molecule has 0 aliphatic rings. The molecule has 0 aliphatic heterocycles. The number of rotatable bonds is 3. The Kier molecular flexibility index (Phi) is 5.20. The largest absolute Gasteiger partial charge is 0.456 e. The number of furan rings is 1. The van der Waals surface area contributed by atoms with E-state index in [2.05, 4.69) is 121 Å². The number of hydrogen-bond acceptors (Lipinski definition) is 3. The van der Waals surface area contributed by atoms with E-state index in [1.165, 1.54) is 10.9 Å². The molecule has 9 rings (SSSR count). The molecule has 0 spiro atoms. The molecule has 0 radical (unpaired) electrons. The molecule has 0 bridgehead atoms. The van der Waals surface area contributed by atoms with Gasteiger partial charge in [-0.1, -0.05) is 109 Å². The number of aromatic nitrogens is 2. The van der Waals surface area contributed by atoms with Crippen molar-refractivity contribution in [3.05, 3.63) is 146 Å². The van der Waals surface area contributed by atoms with Crippen molar-refractivity contribution in [1.82, 2.24) is 9.97 Å². The molecule has 0 saturated heterocycles. The molecule has 0 amide bonds. The van der Waals surface area contributed by atoms with Gasteiger partial charge in [0.2, 0.25) is 0 Å². The Balaban J connectivity index is 1.32. The first-order valence-corrected chi connectivity index (χ1v) is 14.5. The van der Waals surface area contributed by atoms with Gasteiger partial charge >= 0.3 is 0 Å². The Morgan fingerprint density at radius 1 is 0.395 bits per heavy atom. The van der Waals surface area contributed by atoms with Gasteiger partial charge in [-0.05, 0) is 69.1 Å². The zero-order valence-corrected chi connectivity index (χ0v) is 23.2. The monoisotopic (exact) mass is 548 g/mol. The van der Waals surface area contributed by atoms with Crippen molar-refractivity contribution in [2.75, 3.05) is 0 Å². The molecule has 2 aromatic heterocycles. The van der Waals surface area contributed by atoms with Crippen molar-refractivity contribution < 1.29 is 4.42 Å². The Labute approximate surface area is 247 Å². The highest BCUT2D eigenvalue weighted by molar-refractivity contribution is 6.13. The smallest absolute Gasteiger partial charge is 0.161 e. The number of hydrogen-bond donors (Lipinski definition) is 0. The first kappa shape index (κ1) is 23.9. The third-order valence-corrected chi connectivity index (χ3v) is 8.44. The Morgan fingerprint density at radius 3 is 2.02 bits per heavy atom. The van der Waals surface area contributed by atoms with Crippen LogP contribution in [0, 0.1) is 0 Å². The second-order valence-corrected chi connectivity index (χ2v) is 11.0. The van der Waals surface area contributed by atoms with Crippen LogP contribution in [-0.4, -0.2) is 9.97 Å². The molecule has 0 fully saturated rings. The maximum atomic E-state index is 6.21. The summed E-state index contributed by atoms with van der Waals surface area (Å²) >= 11 is 0. The Morgan fingerprint density at radius 2 is 1.12 bits per heavy atom. The molecule has 2 heterocycles. The lowest BCUT2D eigenvalue weighted by Gasteiger charge is -2.14. The molecular formula is C40H24N2O. The summed E-state index contributed by atoms with van der Waals surface area (Å²) in [4.78, 5) is 10.4. The van der Waals surface area contributed by atoms with E-state index in [4.69, 9.17) is 14.4 Å². The van der Waals surface area contributed by atoms with Crippen molar-refractivity contribution in [3.63, 3.8) is 0 Å². The minimum atomic E-state index is 0.721. The van der Waals surface area contributed by atoms with Crippen LogP contribution in [0.3, 0.4) is 0 Å². The number of benzene rings is 7. The van der Waals surface area contributed by atoms with Gasteiger partial charge in [0, 0.05) is 27.3 Å².